The van der Waals surface area contributed by atoms with Crippen LogP contribution in [0.1, 0.15) is 18.9 Å². The Morgan fingerprint density at radius 1 is 1.64 bits per heavy atom. The van der Waals surface area contributed by atoms with Crippen molar-refractivity contribution in [1.29, 1.82) is 0 Å². The van der Waals surface area contributed by atoms with E-state index in [0.29, 0.717) is 18.4 Å². The fraction of sp³-hybridized carbons (Fsp3) is 0.364. The molecule has 1 aromatic rings. The zero-order valence-corrected chi connectivity index (χ0v) is 9.05. The molecular formula is C11H14ClNO. The van der Waals surface area contributed by atoms with E-state index in [4.69, 9.17) is 16.3 Å². The molecule has 14 heavy (non-hydrogen) atoms. The van der Waals surface area contributed by atoms with Crippen LogP contribution in [0.3, 0.4) is 0 Å². The smallest absolute Gasteiger partial charge is 0.129 e. The number of halogens is 1. The predicted molar refractivity (Wildman–Crippen MR) is 58.3 cm³/mol. The van der Waals surface area contributed by atoms with Gasteiger partial charge in [0.15, 0.2) is 0 Å². The van der Waals surface area contributed by atoms with Crippen LogP contribution >= 0.6 is 11.6 Å². The highest BCUT2D eigenvalue weighted by Crippen LogP contribution is 2.08. The molecule has 3 heteroatoms. The monoisotopic (exact) mass is 211 g/mol. The summed E-state index contributed by atoms with van der Waals surface area (Å²) in [6.07, 6.45) is 2.58. The second-order valence-electron chi connectivity index (χ2n) is 3.25. The normalized spacial score (nSPS) is 10.1. The van der Waals surface area contributed by atoms with Gasteiger partial charge in [-0.05, 0) is 31.0 Å². The van der Waals surface area contributed by atoms with Crippen LogP contribution in [0.4, 0.5) is 0 Å². The molecule has 1 rings (SSSR count). The topological polar surface area (TPSA) is 22.1 Å². The minimum absolute atomic E-state index is 0.506. The molecule has 0 fully saturated rings. The lowest BCUT2D eigenvalue weighted by molar-refractivity contribution is 0.124. The van der Waals surface area contributed by atoms with Gasteiger partial charge >= 0.3 is 0 Å². The minimum Gasteiger partial charge on any atom is -0.376 e. The van der Waals surface area contributed by atoms with E-state index in [0.717, 1.165) is 17.6 Å². The molecule has 0 saturated carbocycles. The van der Waals surface area contributed by atoms with E-state index in [9.17, 15) is 0 Å². The lowest BCUT2D eigenvalue weighted by Crippen LogP contribution is -1.96. The minimum atomic E-state index is 0.506. The molecule has 0 aliphatic carbocycles. The molecule has 0 aliphatic rings. The first kappa shape index (κ1) is 11.2. The standard InChI is InChI=1S/C11H14ClNO/c1-9(2)4-6-14-8-10-3-5-13-11(12)7-10/h3,5,7H,1,4,6,8H2,2H3. The van der Waals surface area contributed by atoms with Gasteiger partial charge in [0.1, 0.15) is 5.15 Å². The summed E-state index contributed by atoms with van der Waals surface area (Å²) in [5.74, 6) is 0. The average Bonchev–Trinajstić information content (AvgIpc) is 2.12. The van der Waals surface area contributed by atoms with Crippen molar-refractivity contribution in [3.8, 4) is 0 Å². The second-order valence-corrected chi connectivity index (χ2v) is 3.63. The quantitative estimate of drug-likeness (QED) is 0.424. The van der Waals surface area contributed by atoms with Crippen LogP contribution in [0, 0.1) is 0 Å². The summed E-state index contributed by atoms with van der Waals surface area (Å²) in [6, 6.07) is 3.70. The van der Waals surface area contributed by atoms with Crippen LogP contribution in [0.15, 0.2) is 30.5 Å². The van der Waals surface area contributed by atoms with Gasteiger partial charge in [0.05, 0.1) is 13.2 Å². The second kappa shape index (κ2) is 5.78. The van der Waals surface area contributed by atoms with Crippen LogP contribution in [0.5, 0.6) is 0 Å². The van der Waals surface area contributed by atoms with E-state index in [1.807, 2.05) is 19.1 Å². The number of nitrogens with zero attached hydrogens (tertiary/aromatic N) is 1. The molecule has 0 atom stereocenters. The maximum atomic E-state index is 5.73. The maximum Gasteiger partial charge on any atom is 0.129 e. The molecule has 0 amide bonds. The molecule has 0 aromatic carbocycles. The fourth-order valence-electron chi connectivity index (χ4n) is 0.969. The molecule has 0 N–H and O–H groups in total. The number of aromatic nitrogens is 1. The lowest BCUT2D eigenvalue weighted by atomic mass is 10.2. The predicted octanol–water partition coefficient (Wildman–Crippen LogP) is 3.22. The third-order valence-corrected chi connectivity index (χ3v) is 1.94. The molecule has 1 heterocycles. The first-order valence-electron chi connectivity index (χ1n) is 4.51. The number of rotatable bonds is 5. The summed E-state index contributed by atoms with van der Waals surface area (Å²) in [7, 11) is 0. The summed E-state index contributed by atoms with van der Waals surface area (Å²) in [6.45, 7) is 7.08. The van der Waals surface area contributed by atoms with Crippen LogP contribution < -0.4 is 0 Å². The van der Waals surface area contributed by atoms with Crippen molar-refractivity contribution in [3.63, 3.8) is 0 Å². The Hall–Kier alpha value is -0.860. The Morgan fingerprint density at radius 3 is 3.07 bits per heavy atom. The van der Waals surface area contributed by atoms with Crippen molar-refractivity contribution in [2.75, 3.05) is 6.61 Å². The van der Waals surface area contributed by atoms with Gasteiger partial charge in [-0.1, -0.05) is 17.2 Å². The Morgan fingerprint density at radius 2 is 2.43 bits per heavy atom. The van der Waals surface area contributed by atoms with Crippen LogP contribution in [0.2, 0.25) is 5.15 Å². The number of hydrogen-bond acceptors (Lipinski definition) is 2. The molecule has 0 aliphatic heterocycles. The molecular weight excluding hydrogens is 198 g/mol. The summed E-state index contributed by atoms with van der Waals surface area (Å²) in [5, 5.41) is 0.506. The van der Waals surface area contributed by atoms with Crippen molar-refractivity contribution in [2.45, 2.75) is 20.0 Å². The van der Waals surface area contributed by atoms with Crippen LogP contribution in [-0.4, -0.2) is 11.6 Å². The van der Waals surface area contributed by atoms with Crippen molar-refractivity contribution in [1.82, 2.24) is 4.98 Å². The highest BCUT2D eigenvalue weighted by molar-refractivity contribution is 6.29. The molecule has 0 bridgehead atoms. The van der Waals surface area contributed by atoms with E-state index in [2.05, 4.69) is 11.6 Å². The summed E-state index contributed by atoms with van der Waals surface area (Å²) in [5.41, 5.74) is 2.18. The van der Waals surface area contributed by atoms with Gasteiger partial charge in [0.25, 0.3) is 0 Å². The van der Waals surface area contributed by atoms with E-state index in [1.54, 1.807) is 6.20 Å². The Labute approximate surface area is 89.6 Å². The van der Waals surface area contributed by atoms with Gasteiger partial charge in [-0.3, -0.25) is 0 Å². The van der Waals surface area contributed by atoms with Crippen molar-refractivity contribution >= 4 is 11.6 Å². The van der Waals surface area contributed by atoms with Gasteiger partial charge in [0, 0.05) is 6.20 Å². The lowest BCUT2D eigenvalue weighted by Gasteiger charge is -2.03. The summed E-state index contributed by atoms with van der Waals surface area (Å²) in [4.78, 5) is 3.89. The van der Waals surface area contributed by atoms with Gasteiger partial charge < -0.3 is 4.74 Å². The van der Waals surface area contributed by atoms with Gasteiger partial charge in [-0.2, -0.15) is 0 Å². The Balaban J connectivity index is 2.28. The van der Waals surface area contributed by atoms with Gasteiger partial charge in [0.2, 0.25) is 0 Å². The molecule has 0 unspecified atom stereocenters. The molecule has 0 saturated heterocycles. The summed E-state index contributed by atoms with van der Waals surface area (Å²) >= 11 is 5.73. The maximum absolute atomic E-state index is 5.73. The van der Waals surface area contributed by atoms with Crippen molar-refractivity contribution in [3.05, 3.63) is 41.2 Å². The van der Waals surface area contributed by atoms with E-state index in [-0.39, 0.29) is 0 Å². The van der Waals surface area contributed by atoms with Crippen LogP contribution in [0.25, 0.3) is 0 Å². The highest BCUT2D eigenvalue weighted by atomic mass is 35.5. The van der Waals surface area contributed by atoms with Crippen LogP contribution in [-0.2, 0) is 11.3 Å². The summed E-state index contributed by atoms with van der Waals surface area (Å²) < 4.78 is 5.44. The van der Waals surface area contributed by atoms with Crippen molar-refractivity contribution < 1.29 is 4.74 Å². The first-order valence-corrected chi connectivity index (χ1v) is 4.89. The average molecular weight is 212 g/mol. The van der Waals surface area contributed by atoms with E-state index in [1.165, 1.54) is 0 Å². The molecule has 2 nitrogen and oxygen atoms in total. The largest absolute Gasteiger partial charge is 0.376 e. The third kappa shape index (κ3) is 4.40. The Kier molecular flexibility index (Phi) is 4.63. The number of hydrogen-bond donors (Lipinski definition) is 0. The third-order valence-electron chi connectivity index (χ3n) is 1.73. The molecule has 76 valence electrons. The molecule has 1 aromatic heterocycles. The highest BCUT2D eigenvalue weighted by Gasteiger charge is 1.95. The molecule has 0 radical (unpaired) electrons. The van der Waals surface area contributed by atoms with Gasteiger partial charge in [-0.25, -0.2) is 4.98 Å². The van der Waals surface area contributed by atoms with Gasteiger partial charge in [-0.15, -0.1) is 6.58 Å². The first-order chi connectivity index (χ1) is 6.68. The zero-order valence-electron chi connectivity index (χ0n) is 8.29. The number of ether oxygens (including phenoxy) is 1. The zero-order chi connectivity index (χ0) is 10.4. The SMILES string of the molecule is C=C(C)CCOCc1ccnc(Cl)c1. The van der Waals surface area contributed by atoms with E-state index < -0.39 is 0 Å². The van der Waals surface area contributed by atoms with Crippen molar-refractivity contribution in [2.24, 2.45) is 0 Å². The fourth-order valence-corrected chi connectivity index (χ4v) is 1.17. The Bertz CT molecular complexity index is 312. The molecule has 0 spiro atoms. The van der Waals surface area contributed by atoms with E-state index >= 15 is 0 Å². The number of pyridine rings is 1.